The van der Waals surface area contributed by atoms with Crippen LogP contribution < -0.4 is 0 Å². The van der Waals surface area contributed by atoms with E-state index in [-0.39, 0.29) is 5.91 Å². The van der Waals surface area contributed by atoms with Crippen molar-refractivity contribution in [3.63, 3.8) is 0 Å². The van der Waals surface area contributed by atoms with Gasteiger partial charge in [0.1, 0.15) is 0 Å². The van der Waals surface area contributed by atoms with Crippen LogP contribution in [0.4, 0.5) is 0 Å². The van der Waals surface area contributed by atoms with Crippen LogP contribution in [0.2, 0.25) is 0 Å². The number of para-hydroxylation sites is 1. The largest absolute Gasteiger partial charge is 0.336 e. The van der Waals surface area contributed by atoms with Gasteiger partial charge in [-0.25, -0.2) is 4.98 Å². The van der Waals surface area contributed by atoms with Crippen LogP contribution in [0.15, 0.2) is 54.6 Å². The number of carbonyl (C=O) groups excluding carboxylic acids is 1. The molecular weight excluding hydrogens is 320 g/mol. The number of carbonyl (C=O) groups is 1. The Bertz CT molecular complexity index is 963. The van der Waals surface area contributed by atoms with Crippen molar-refractivity contribution in [1.29, 1.82) is 0 Å². The number of rotatable bonds is 2. The first-order valence-corrected chi connectivity index (χ1v) is 9.41. The Morgan fingerprint density at radius 3 is 2.73 bits per heavy atom. The molecule has 132 valence electrons. The summed E-state index contributed by atoms with van der Waals surface area (Å²) in [6, 6.07) is 18.5. The molecule has 4 rings (SSSR count). The van der Waals surface area contributed by atoms with Crippen LogP contribution in [0.3, 0.4) is 0 Å². The fraction of sp³-hybridized carbons (Fsp3) is 0.304. The zero-order valence-corrected chi connectivity index (χ0v) is 15.4. The number of piperidine rings is 1. The van der Waals surface area contributed by atoms with E-state index in [4.69, 9.17) is 4.98 Å². The highest BCUT2D eigenvalue weighted by Gasteiger charge is 2.26. The highest BCUT2D eigenvalue weighted by molar-refractivity contribution is 6.07. The van der Waals surface area contributed by atoms with Gasteiger partial charge in [-0.1, -0.05) is 42.0 Å². The summed E-state index contributed by atoms with van der Waals surface area (Å²) in [5, 5.41) is 0.937. The minimum atomic E-state index is 0.129. The molecule has 3 aromatic rings. The highest BCUT2D eigenvalue weighted by atomic mass is 16.2. The van der Waals surface area contributed by atoms with Gasteiger partial charge in [-0.3, -0.25) is 4.79 Å². The first-order chi connectivity index (χ1) is 12.6. The summed E-state index contributed by atoms with van der Waals surface area (Å²) in [5.74, 6) is 0.129. The van der Waals surface area contributed by atoms with E-state index in [9.17, 15) is 4.79 Å². The fourth-order valence-electron chi connectivity index (χ4n) is 3.86. The maximum Gasteiger partial charge on any atom is 0.254 e. The molecule has 1 aliphatic rings. The van der Waals surface area contributed by atoms with Crippen molar-refractivity contribution in [2.24, 2.45) is 0 Å². The smallest absolute Gasteiger partial charge is 0.254 e. The Hall–Kier alpha value is -2.68. The van der Waals surface area contributed by atoms with Gasteiger partial charge in [-0.15, -0.1) is 0 Å². The van der Waals surface area contributed by atoms with E-state index < -0.39 is 0 Å². The molecule has 0 spiro atoms. The van der Waals surface area contributed by atoms with Crippen LogP contribution in [0.5, 0.6) is 0 Å². The van der Waals surface area contributed by atoms with E-state index in [2.05, 4.69) is 32.0 Å². The Labute approximate surface area is 154 Å². The molecule has 2 heterocycles. The molecule has 0 aliphatic carbocycles. The fourth-order valence-corrected chi connectivity index (χ4v) is 3.86. The van der Waals surface area contributed by atoms with Gasteiger partial charge >= 0.3 is 0 Å². The molecule has 1 atom stereocenters. The molecule has 26 heavy (non-hydrogen) atoms. The third kappa shape index (κ3) is 3.10. The van der Waals surface area contributed by atoms with E-state index in [1.807, 2.05) is 41.3 Å². The summed E-state index contributed by atoms with van der Waals surface area (Å²) in [5.41, 5.74) is 4.74. The number of aromatic nitrogens is 1. The number of benzene rings is 2. The first-order valence-electron chi connectivity index (χ1n) is 9.41. The molecule has 0 unspecified atom stereocenters. The molecule has 2 aromatic carbocycles. The zero-order valence-electron chi connectivity index (χ0n) is 15.4. The lowest BCUT2D eigenvalue weighted by atomic mass is 9.99. The van der Waals surface area contributed by atoms with E-state index >= 15 is 0 Å². The number of nitrogens with zero attached hydrogens (tertiary/aromatic N) is 2. The molecule has 3 nitrogen and oxygen atoms in total. The normalized spacial score (nSPS) is 17.5. The van der Waals surface area contributed by atoms with Crippen molar-refractivity contribution in [2.45, 2.75) is 39.2 Å². The van der Waals surface area contributed by atoms with Gasteiger partial charge in [0.15, 0.2) is 0 Å². The molecule has 0 N–H and O–H groups in total. The van der Waals surface area contributed by atoms with Gasteiger partial charge in [-0.05, 0) is 51.3 Å². The molecule has 1 amide bonds. The summed E-state index contributed by atoms with van der Waals surface area (Å²) in [4.78, 5) is 20.2. The Balaban J connectivity index is 1.86. The van der Waals surface area contributed by atoms with E-state index in [1.165, 1.54) is 12.0 Å². The standard InChI is InChI=1S/C23H24N2O/c1-16-8-7-10-18(14-16)22-15-20(19-11-3-4-12-21(19)24-22)23(26)25-13-6-5-9-17(25)2/h3-4,7-8,10-12,14-15,17H,5-6,9,13H2,1-2H3/t17-/m1/s1. The predicted molar refractivity (Wildman–Crippen MR) is 106 cm³/mol. The third-order valence-corrected chi connectivity index (χ3v) is 5.32. The minimum absolute atomic E-state index is 0.129. The third-order valence-electron chi connectivity index (χ3n) is 5.32. The monoisotopic (exact) mass is 344 g/mol. The maximum atomic E-state index is 13.4. The lowest BCUT2D eigenvalue weighted by Gasteiger charge is -2.33. The predicted octanol–water partition coefficient (Wildman–Crippen LogP) is 5.22. The van der Waals surface area contributed by atoms with Crippen molar-refractivity contribution in [3.05, 3.63) is 65.7 Å². The summed E-state index contributed by atoms with van der Waals surface area (Å²) >= 11 is 0. The summed E-state index contributed by atoms with van der Waals surface area (Å²) in [7, 11) is 0. The summed E-state index contributed by atoms with van der Waals surface area (Å²) < 4.78 is 0. The zero-order chi connectivity index (χ0) is 18.1. The molecular formula is C23H24N2O. The van der Waals surface area contributed by atoms with Crippen molar-refractivity contribution >= 4 is 16.8 Å². The maximum absolute atomic E-state index is 13.4. The Morgan fingerprint density at radius 2 is 1.92 bits per heavy atom. The van der Waals surface area contributed by atoms with Crippen LogP contribution in [-0.4, -0.2) is 28.4 Å². The average molecular weight is 344 g/mol. The first kappa shape index (κ1) is 16.8. The molecule has 3 heteroatoms. The van der Waals surface area contributed by atoms with Gasteiger partial charge in [0, 0.05) is 23.5 Å². The van der Waals surface area contributed by atoms with E-state index in [0.717, 1.165) is 47.1 Å². The van der Waals surface area contributed by atoms with Crippen LogP contribution in [0.25, 0.3) is 22.2 Å². The second-order valence-corrected chi connectivity index (χ2v) is 7.29. The van der Waals surface area contributed by atoms with Gasteiger partial charge in [-0.2, -0.15) is 0 Å². The van der Waals surface area contributed by atoms with Crippen molar-refractivity contribution in [3.8, 4) is 11.3 Å². The van der Waals surface area contributed by atoms with Crippen molar-refractivity contribution in [1.82, 2.24) is 9.88 Å². The highest BCUT2D eigenvalue weighted by Crippen LogP contribution is 2.28. The number of likely N-dealkylation sites (tertiary alicyclic amines) is 1. The second-order valence-electron chi connectivity index (χ2n) is 7.29. The topological polar surface area (TPSA) is 33.2 Å². The SMILES string of the molecule is Cc1cccc(-c2cc(C(=O)N3CCCC[C@H]3C)c3ccccc3n2)c1. The van der Waals surface area contributed by atoms with Gasteiger partial charge in [0.25, 0.3) is 5.91 Å². The molecule has 1 saturated heterocycles. The Morgan fingerprint density at radius 1 is 1.08 bits per heavy atom. The molecule has 0 saturated carbocycles. The summed E-state index contributed by atoms with van der Waals surface area (Å²) in [6.45, 7) is 5.07. The van der Waals surface area contributed by atoms with E-state index in [1.54, 1.807) is 0 Å². The average Bonchev–Trinajstić information content (AvgIpc) is 2.67. The number of aryl methyl sites for hydroxylation is 1. The van der Waals surface area contributed by atoms with Gasteiger partial charge in [0.2, 0.25) is 0 Å². The lowest BCUT2D eigenvalue weighted by molar-refractivity contribution is 0.0637. The number of pyridine rings is 1. The summed E-state index contributed by atoms with van der Waals surface area (Å²) in [6.07, 6.45) is 3.37. The number of fused-ring (bicyclic) bond motifs is 1. The molecule has 1 fully saturated rings. The van der Waals surface area contributed by atoms with E-state index in [0.29, 0.717) is 6.04 Å². The Kier molecular flexibility index (Phi) is 4.46. The molecule has 0 bridgehead atoms. The van der Waals surface area contributed by atoms with Crippen LogP contribution in [-0.2, 0) is 0 Å². The van der Waals surface area contributed by atoms with Crippen LogP contribution >= 0.6 is 0 Å². The lowest BCUT2D eigenvalue weighted by Crippen LogP contribution is -2.42. The van der Waals surface area contributed by atoms with Crippen molar-refractivity contribution in [2.75, 3.05) is 6.54 Å². The molecule has 0 radical (unpaired) electrons. The molecule has 1 aromatic heterocycles. The molecule has 1 aliphatic heterocycles. The van der Waals surface area contributed by atoms with Gasteiger partial charge < -0.3 is 4.90 Å². The quantitative estimate of drug-likeness (QED) is 0.638. The number of amides is 1. The number of hydrogen-bond donors (Lipinski definition) is 0. The number of hydrogen-bond acceptors (Lipinski definition) is 2. The minimum Gasteiger partial charge on any atom is -0.336 e. The van der Waals surface area contributed by atoms with Crippen LogP contribution in [0, 0.1) is 6.92 Å². The van der Waals surface area contributed by atoms with Crippen molar-refractivity contribution < 1.29 is 4.79 Å². The van der Waals surface area contributed by atoms with Gasteiger partial charge in [0.05, 0.1) is 16.8 Å². The van der Waals surface area contributed by atoms with Crippen LogP contribution in [0.1, 0.15) is 42.1 Å². The second kappa shape index (κ2) is 6.91.